The quantitative estimate of drug-likeness (QED) is 0.289. The van der Waals surface area contributed by atoms with Gasteiger partial charge in [-0.2, -0.15) is 0 Å². The van der Waals surface area contributed by atoms with Crippen LogP contribution in [0.4, 0.5) is 0 Å². The van der Waals surface area contributed by atoms with Gasteiger partial charge in [-0.15, -0.1) is 23.5 Å². The van der Waals surface area contributed by atoms with Crippen molar-refractivity contribution < 1.29 is 0 Å². The third-order valence-electron chi connectivity index (χ3n) is 4.93. The molecule has 1 aliphatic heterocycles. The monoisotopic (exact) mass is 382 g/mol. The van der Waals surface area contributed by atoms with E-state index in [4.69, 9.17) is 0 Å². The van der Waals surface area contributed by atoms with E-state index >= 15 is 0 Å². The molecule has 1 aliphatic rings. The van der Waals surface area contributed by atoms with Crippen molar-refractivity contribution in [2.75, 3.05) is 16.8 Å². The second-order valence-electron chi connectivity index (χ2n) is 7.18. The summed E-state index contributed by atoms with van der Waals surface area (Å²) in [6.07, 6.45) is 6.99. The molecule has 0 nitrogen and oxygen atoms in total. The lowest BCUT2D eigenvalue weighted by molar-refractivity contribution is 0.645. The molecule has 0 N–H and O–H groups in total. The van der Waals surface area contributed by atoms with Gasteiger partial charge in [0.05, 0.1) is 11.8 Å². The average Bonchev–Trinajstić information content (AvgIpc) is 2.34. The van der Waals surface area contributed by atoms with Crippen LogP contribution in [-0.2, 0) is 0 Å². The maximum Gasteiger partial charge on any atom is 0.0835 e. The molecule has 1 heterocycles. The van der Waals surface area contributed by atoms with Crippen LogP contribution >= 0.6 is 39.5 Å². The van der Waals surface area contributed by atoms with Gasteiger partial charge in [0.25, 0.3) is 0 Å². The lowest BCUT2D eigenvalue weighted by atomic mass is 10.2. The molecule has 0 bridgehead atoms. The molecular formula is C15H31BrS2Si. The summed E-state index contributed by atoms with van der Waals surface area (Å²) in [6, 6.07) is 0. The van der Waals surface area contributed by atoms with E-state index in [1.807, 2.05) is 0 Å². The Morgan fingerprint density at radius 3 is 2.11 bits per heavy atom. The SMILES string of the molecule is CC(C)(C)[Si](C)(C)C1(CCCCCBr)SCCCS1. The van der Waals surface area contributed by atoms with E-state index in [-0.39, 0.29) is 0 Å². The minimum Gasteiger partial charge on any atom is -0.148 e. The fourth-order valence-electron chi connectivity index (χ4n) is 2.59. The first-order valence-electron chi connectivity index (χ1n) is 7.61. The third kappa shape index (κ3) is 4.43. The van der Waals surface area contributed by atoms with Gasteiger partial charge in [0.1, 0.15) is 0 Å². The Bertz CT molecular complexity index is 268. The Hall–Kier alpha value is 1.40. The van der Waals surface area contributed by atoms with Gasteiger partial charge in [-0.3, -0.25) is 0 Å². The second-order valence-corrected chi connectivity index (χ2v) is 17.3. The molecule has 0 atom stereocenters. The smallest absolute Gasteiger partial charge is 0.0835 e. The fraction of sp³-hybridized carbons (Fsp3) is 1.00. The summed E-state index contributed by atoms with van der Waals surface area (Å²) in [5, 5.41) is 1.67. The van der Waals surface area contributed by atoms with E-state index in [2.05, 4.69) is 73.3 Å². The lowest BCUT2D eigenvalue weighted by Crippen LogP contribution is -2.56. The van der Waals surface area contributed by atoms with Crippen LogP contribution in [0.25, 0.3) is 0 Å². The van der Waals surface area contributed by atoms with Crippen molar-refractivity contribution >= 4 is 47.5 Å². The number of alkyl halides is 1. The molecule has 1 fully saturated rings. The van der Waals surface area contributed by atoms with Crippen LogP contribution in [0.2, 0.25) is 18.1 Å². The van der Waals surface area contributed by atoms with Crippen LogP contribution in [0.3, 0.4) is 0 Å². The molecule has 4 heteroatoms. The molecular weight excluding hydrogens is 352 g/mol. The van der Waals surface area contributed by atoms with Crippen molar-refractivity contribution in [2.24, 2.45) is 0 Å². The van der Waals surface area contributed by atoms with Crippen LogP contribution in [0.15, 0.2) is 0 Å². The molecule has 19 heavy (non-hydrogen) atoms. The van der Waals surface area contributed by atoms with Crippen LogP contribution in [0.5, 0.6) is 0 Å². The number of unbranched alkanes of at least 4 members (excludes halogenated alkanes) is 2. The zero-order valence-corrected chi connectivity index (χ0v) is 17.6. The summed E-state index contributed by atoms with van der Waals surface area (Å²) in [5.41, 5.74) is 0. The molecule has 0 radical (unpaired) electrons. The maximum absolute atomic E-state index is 3.56. The zero-order valence-electron chi connectivity index (χ0n) is 13.4. The summed E-state index contributed by atoms with van der Waals surface area (Å²) in [6.45, 7) is 12.7. The van der Waals surface area contributed by atoms with Gasteiger partial charge >= 0.3 is 0 Å². The Balaban J connectivity index is 2.80. The molecule has 0 saturated carbocycles. The van der Waals surface area contributed by atoms with E-state index < -0.39 is 8.07 Å². The Morgan fingerprint density at radius 2 is 1.63 bits per heavy atom. The van der Waals surface area contributed by atoms with E-state index in [9.17, 15) is 0 Å². The number of halogens is 1. The normalized spacial score (nSPS) is 20.5. The first kappa shape index (κ1) is 18.4. The Morgan fingerprint density at radius 1 is 1.05 bits per heavy atom. The van der Waals surface area contributed by atoms with Crippen LogP contribution in [0.1, 0.15) is 52.9 Å². The summed E-state index contributed by atoms with van der Waals surface area (Å²) in [4.78, 5) is 0. The zero-order chi connectivity index (χ0) is 14.6. The molecule has 0 amide bonds. The van der Waals surface area contributed by atoms with E-state index in [0.29, 0.717) is 8.74 Å². The van der Waals surface area contributed by atoms with Crippen molar-refractivity contribution in [1.82, 2.24) is 0 Å². The number of thioether (sulfide) groups is 2. The minimum absolute atomic E-state index is 0.500. The molecule has 1 saturated heterocycles. The Kier molecular flexibility index (Phi) is 7.38. The second kappa shape index (κ2) is 7.60. The number of hydrogen-bond donors (Lipinski definition) is 0. The number of rotatable bonds is 6. The van der Waals surface area contributed by atoms with Crippen molar-refractivity contribution in [2.45, 2.75) is 74.7 Å². The lowest BCUT2D eigenvalue weighted by Gasteiger charge is -2.53. The van der Waals surface area contributed by atoms with E-state index in [1.165, 1.54) is 48.9 Å². The van der Waals surface area contributed by atoms with Gasteiger partial charge in [-0.1, -0.05) is 62.6 Å². The summed E-state index contributed by atoms with van der Waals surface area (Å²) in [7, 11) is -1.30. The number of hydrogen-bond acceptors (Lipinski definition) is 2. The first-order chi connectivity index (χ1) is 8.77. The summed E-state index contributed by atoms with van der Waals surface area (Å²) < 4.78 is 0.565. The third-order valence-corrected chi connectivity index (χ3v) is 18.4. The molecule has 0 aliphatic carbocycles. The van der Waals surface area contributed by atoms with Crippen molar-refractivity contribution in [3.63, 3.8) is 0 Å². The summed E-state index contributed by atoms with van der Waals surface area (Å²) in [5.74, 6) is 2.77. The molecule has 114 valence electrons. The fourth-order valence-corrected chi connectivity index (χ4v) is 13.1. The maximum atomic E-state index is 3.56. The molecule has 0 aromatic carbocycles. The van der Waals surface area contributed by atoms with Gasteiger partial charge in [0, 0.05) is 5.33 Å². The van der Waals surface area contributed by atoms with Gasteiger partial charge in [0.2, 0.25) is 0 Å². The van der Waals surface area contributed by atoms with Gasteiger partial charge in [-0.05, 0) is 35.8 Å². The standard InChI is InChI=1S/C15H31BrS2Si/c1-14(2,3)19(4,5)15(10-7-6-8-11-16)17-12-9-13-18-15/h6-13H2,1-5H3. The topological polar surface area (TPSA) is 0 Å². The van der Waals surface area contributed by atoms with E-state index in [1.54, 1.807) is 0 Å². The average molecular weight is 384 g/mol. The molecule has 0 aromatic rings. The predicted molar refractivity (Wildman–Crippen MR) is 102 cm³/mol. The molecule has 0 unspecified atom stereocenters. The van der Waals surface area contributed by atoms with Crippen LogP contribution in [0, 0.1) is 0 Å². The van der Waals surface area contributed by atoms with Gasteiger partial charge in [-0.25, -0.2) is 0 Å². The first-order valence-corrected chi connectivity index (χ1v) is 13.7. The van der Waals surface area contributed by atoms with Crippen molar-refractivity contribution in [3.8, 4) is 0 Å². The summed E-state index contributed by atoms with van der Waals surface area (Å²) >= 11 is 8.19. The minimum atomic E-state index is -1.30. The van der Waals surface area contributed by atoms with E-state index in [0.717, 1.165) is 0 Å². The molecule has 0 spiro atoms. The largest absolute Gasteiger partial charge is 0.148 e. The highest BCUT2D eigenvalue weighted by Gasteiger charge is 2.53. The van der Waals surface area contributed by atoms with Crippen molar-refractivity contribution in [1.29, 1.82) is 0 Å². The predicted octanol–water partition coefficient (Wildman–Crippen LogP) is 6.56. The highest BCUT2D eigenvalue weighted by Crippen LogP contribution is 2.58. The molecule has 0 aromatic heterocycles. The van der Waals surface area contributed by atoms with Gasteiger partial charge in [0.15, 0.2) is 0 Å². The van der Waals surface area contributed by atoms with Crippen molar-refractivity contribution in [3.05, 3.63) is 0 Å². The highest BCUT2D eigenvalue weighted by atomic mass is 79.9. The van der Waals surface area contributed by atoms with Crippen LogP contribution in [-0.4, -0.2) is 28.6 Å². The highest BCUT2D eigenvalue weighted by molar-refractivity contribution is 9.09. The Labute approximate surface area is 138 Å². The van der Waals surface area contributed by atoms with Crippen LogP contribution < -0.4 is 0 Å². The molecule has 1 rings (SSSR count). The van der Waals surface area contributed by atoms with Gasteiger partial charge < -0.3 is 0 Å².